The summed E-state index contributed by atoms with van der Waals surface area (Å²) in [7, 11) is -4.20. The van der Waals surface area contributed by atoms with E-state index in [0.717, 1.165) is 25.2 Å². The Morgan fingerprint density at radius 3 is 2.32 bits per heavy atom. The summed E-state index contributed by atoms with van der Waals surface area (Å²) < 4.78 is 31.1. The maximum Gasteiger partial charge on any atom is 0.294 e. The first kappa shape index (κ1) is 19.8. The number of nitrogens with zero attached hydrogens (tertiary/aromatic N) is 2. The Hall–Kier alpha value is -1.48. The molecule has 1 amide bonds. The van der Waals surface area contributed by atoms with E-state index in [9.17, 15) is 13.2 Å². The van der Waals surface area contributed by atoms with E-state index in [0.29, 0.717) is 19.5 Å². The smallest absolute Gasteiger partial charge is 0.294 e. The van der Waals surface area contributed by atoms with Crippen molar-refractivity contribution >= 4 is 16.0 Å². The summed E-state index contributed by atoms with van der Waals surface area (Å²) in [5, 5.41) is 0. The lowest BCUT2D eigenvalue weighted by atomic mass is 10.1. The quantitative estimate of drug-likeness (QED) is 0.687. The van der Waals surface area contributed by atoms with Crippen LogP contribution in [0, 0.1) is 0 Å². The molecule has 1 fully saturated rings. The van der Waals surface area contributed by atoms with Crippen molar-refractivity contribution in [1.29, 1.82) is 0 Å². The number of nitrogens with two attached hydrogens (primary N) is 1. The molecule has 1 aliphatic heterocycles. The van der Waals surface area contributed by atoms with Gasteiger partial charge in [-0.2, -0.15) is 8.42 Å². The Morgan fingerprint density at radius 2 is 1.80 bits per heavy atom. The van der Waals surface area contributed by atoms with Crippen LogP contribution in [0.15, 0.2) is 29.2 Å². The highest BCUT2D eigenvalue weighted by Gasteiger charge is 2.25. The molecule has 1 unspecified atom stereocenters. The van der Waals surface area contributed by atoms with E-state index in [-0.39, 0.29) is 10.8 Å². The number of amides is 1. The number of hydrogen-bond donors (Lipinski definition) is 2. The minimum absolute atomic E-state index is 0.0750. The van der Waals surface area contributed by atoms with E-state index in [2.05, 4.69) is 11.8 Å². The molecule has 0 spiro atoms. The minimum atomic E-state index is -4.20. The number of piperazine rings is 1. The molecule has 7 nitrogen and oxygen atoms in total. The van der Waals surface area contributed by atoms with Gasteiger partial charge in [-0.1, -0.05) is 25.5 Å². The molecular formula is C17H27N3O4S. The minimum Gasteiger partial charge on any atom is -0.339 e. The van der Waals surface area contributed by atoms with Gasteiger partial charge in [-0.15, -0.1) is 0 Å². The lowest BCUT2D eigenvalue weighted by Crippen LogP contribution is -2.53. The predicted octanol–water partition coefficient (Wildman–Crippen LogP) is 0.747. The van der Waals surface area contributed by atoms with Crippen LogP contribution < -0.4 is 5.73 Å². The first-order valence-electron chi connectivity index (χ1n) is 8.64. The van der Waals surface area contributed by atoms with Crippen molar-refractivity contribution in [3.63, 3.8) is 0 Å². The summed E-state index contributed by atoms with van der Waals surface area (Å²) >= 11 is 0. The van der Waals surface area contributed by atoms with Gasteiger partial charge in [0.15, 0.2) is 0 Å². The molecule has 8 heteroatoms. The van der Waals surface area contributed by atoms with Crippen LogP contribution in [-0.4, -0.2) is 67.4 Å². The lowest BCUT2D eigenvalue weighted by molar-refractivity contribution is -0.134. The lowest BCUT2D eigenvalue weighted by Gasteiger charge is -2.35. The van der Waals surface area contributed by atoms with Crippen molar-refractivity contribution in [2.24, 2.45) is 5.73 Å². The van der Waals surface area contributed by atoms with Crippen molar-refractivity contribution in [3.05, 3.63) is 29.8 Å². The topological polar surface area (TPSA) is 104 Å². The second-order valence-electron chi connectivity index (χ2n) is 6.45. The molecule has 0 aromatic heterocycles. The first-order chi connectivity index (χ1) is 11.8. The molecule has 3 N–H and O–H groups in total. The maximum absolute atomic E-state index is 12.5. The predicted molar refractivity (Wildman–Crippen MR) is 95.9 cm³/mol. The molecule has 1 saturated heterocycles. The van der Waals surface area contributed by atoms with Crippen LogP contribution in [-0.2, 0) is 21.3 Å². The molecule has 1 heterocycles. The standard InChI is InChI=1S/C17H27N3O4S/c1-2-3-8-19-9-11-20(12-10-19)17(21)16(18)13-14-4-6-15(7-5-14)25(22,23)24/h4-7,16H,2-3,8-13,18H2,1H3,(H,22,23,24). The molecule has 0 saturated carbocycles. The summed E-state index contributed by atoms with van der Waals surface area (Å²) in [4.78, 5) is 16.5. The zero-order chi connectivity index (χ0) is 18.4. The fourth-order valence-electron chi connectivity index (χ4n) is 2.95. The van der Waals surface area contributed by atoms with Crippen molar-refractivity contribution < 1.29 is 17.8 Å². The van der Waals surface area contributed by atoms with Crippen molar-refractivity contribution in [3.8, 4) is 0 Å². The van der Waals surface area contributed by atoms with Crippen LogP contribution in [0.2, 0.25) is 0 Å². The van der Waals surface area contributed by atoms with Gasteiger partial charge in [-0.3, -0.25) is 14.2 Å². The summed E-state index contributed by atoms with van der Waals surface area (Å²) in [6.45, 7) is 6.38. The van der Waals surface area contributed by atoms with Crippen LogP contribution in [0.25, 0.3) is 0 Å². The summed E-state index contributed by atoms with van der Waals surface area (Å²) in [6.07, 6.45) is 2.67. The normalized spacial score (nSPS) is 17.5. The SMILES string of the molecule is CCCCN1CCN(C(=O)C(N)Cc2ccc(S(=O)(=O)O)cc2)CC1. The molecule has 0 aliphatic carbocycles. The fourth-order valence-corrected chi connectivity index (χ4v) is 3.43. The molecule has 140 valence electrons. The first-order valence-corrected chi connectivity index (χ1v) is 10.1. The van der Waals surface area contributed by atoms with Crippen LogP contribution >= 0.6 is 0 Å². The molecular weight excluding hydrogens is 342 g/mol. The number of carbonyl (C=O) groups excluding carboxylic acids is 1. The number of rotatable bonds is 7. The fraction of sp³-hybridized carbons (Fsp3) is 0.588. The summed E-state index contributed by atoms with van der Waals surface area (Å²) in [5.74, 6) is -0.0750. The van der Waals surface area contributed by atoms with Crippen LogP contribution in [0.4, 0.5) is 0 Å². The number of carbonyl (C=O) groups is 1. The van der Waals surface area contributed by atoms with Gasteiger partial charge in [0, 0.05) is 26.2 Å². The average molecular weight is 369 g/mol. The highest BCUT2D eigenvalue weighted by Crippen LogP contribution is 2.12. The third-order valence-electron chi connectivity index (χ3n) is 4.51. The molecule has 25 heavy (non-hydrogen) atoms. The molecule has 1 aromatic carbocycles. The third kappa shape index (κ3) is 5.78. The monoisotopic (exact) mass is 369 g/mol. The van der Waals surface area contributed by atoms with Crippen molar-refractivity contribution in [1.82, 2.24) is 9.80 Å². The zero-order valence-electron chi connectivity index (χ0n) is 14.6. The maximum atomic E-state index is 12.5. The van der Waals surface area contributed by atoms with E-state index < -0.39 is 16.2 Å². The Labute approximate surface area is 149 Å². The van der Waals surface area contributed by atoms with Gasteiger partial charge in [0.2, 0.25) is 5.91 Å². The van der Waals surface area contributed by atoms with Crippen LogP contribution in [0.5, 0.6) is 0 Å². The average Bonchev–Trinajstić information content (AvgIpc) is 2.59. The van der Waals surface area contributed by atoms with Crippen LogP contribution in [0.1, 0.15) is 25.3 Å². The van der Waals surface area contributed by atoms with Gasteiger partial charge in [-0.05, 0) is 37.1 Å². The number of benzene rings is 1. The summed E-state index contributed by atoms with van der Waals surface area (Å²) in [6, 6.07) is 5.11. The summed E-state index contributed by atoms with van der Waals surface area (Å²) in [5.41, 5.74) is 6.81. The molecule has 0 bridgehead atoms. The highest BCUT2D eigenvalue weighted by molar-refractivity contribution is 7.85. The highest BCUT2D eigenvalue weighted by atomic mass is 32.2. The number of unbranched alkanes of at least 4 members (excludes halogenated alkanes) is 1. The molecule has 0 radical (unpaired) electrons. The number of hydrogen-bond acceptors (Lipinski definition) is 5. The van der Waals surface area contributed by atoms with Gasteiger partial charge in [-0.25, -0.2) is 0 Å². The second-order valence-corrected chi connectivity index (χ2v) is 7.87. The molecule has 1 aromatic rings. The van der Waals surface area contributed by atoms with Gasteiger partial charge in [0.05, 0.1) is 10.9 Å². The molecule has 2 rings (SSSR count). The van der Waals surface area contributed by atoms with E-state index in [1.54, 1.807) is 17.0 Å². The van der Waals surface area contributed by atoms with E-state index in [1.165, 1.54) is 25.0 Å². The largest absolute Gasteiger partial charge is 0.339 e. The second kappa shape index (κ2) is 8.75. The van der Waals surface area contributed by atoms with Crippen LogP contribution in [0.3, 0.4) is 0 Å². The van der Waals surface area contributed by atoms with E-state index >= 15 is 0 Å². The van der Waals surface area contributed by atoms with E-state index in [4.69, 9.17) is 10.3 Å². The van der Waals surface area contributed by atoms with Gasteiger partial charge in [0.1, 0.15) is 0 Å². The Bertz CT molecular complexity index is 668. The Morgan fingerprint density at radius 1 is 1.20 bits per heavy atom. The van der Waals surface area contributed by atoms with Gasteiger partial charge in [0.25, 0.3) is 10.1 Å². The third-order valence-corrected chi connectivity index (χ3v) is 5.37. The Kier molecular flexibility index (Phi) is 6.95. The molecule has 1 aliphatic rings. The van der Waals surface area contributed by atoms with Crippen molar-refractivity contribution in [2.75, 3.05) is 32.7 Å². The van der Waals surface area contributed by atoms with Crippen molar-refractivity contribution in [2.45, 2.75) is 37.1 Å². The zero-order valence-corrected chi connectivity index (χ0v) is 15.4. The van der Waals surface area contributed by atoms with Gasteiger partial charge < -0.3 is 10.6 Å². The molecule has 1 atom stereocenters. The Balaban J connectivity index is 1.86. The van der Waals surface area contributed by atoms with Gasteiger partial charge >= 0.3 is 0 Å². The van der Waals surface area contributed by atoms with E-state index in [1.807, 2.05) is 0 Å².